The normalized spacial score (nSPS) is 26.7. The Morgan fingerprint density at radius 3 is 2.82 bits per heavy atom. The molecular weight excluding hydrogens is 304 g/mol. The van der Waals surface area contributed by atoms with E-state index in [0.29, 0.717) is 24.0 Å². The molecule has 0 bridgehead atoms. The summed E-state index contributed by atoms with van der Waals surface area (Å²) in [5.41, 5.74) is 5.97. The van der Waals surface area contributed by atoms with Crippen LogP contribution in [0.2, 0.25) is 0 Å². The summed E-state index contributed by atoms with van der Waals surface area (Å²) in [5.74, 6) is 1.70. The highest BCUT2D eigenvalue weighted by molar-refractivity contribution is 5.85. The van der Waals surface area contributed by atoms with E-state index in [-0.39, 0.29) is 31.0 Å². The fraction of sp³-hybridized carbons (Fsp3) is 0.562. The Morgan fingerprint density at radius 2 is 2.05 bits per heavy atom. The van der Waals surface area contributed by atoms with Crippen LogP contribution in [0.1, 0.15) is 25.7 Å². The van der Waals surface area contributed by atoms with Crippen molar-refractivity contribution in [2.24, 2.45) is 11.7 Å². The van der Waals surface area contributed by atoms with Gasteiger partial charge in [0.2, 0.25) is 6.10 Å². The van der Waals surface area contributed by atoms with E-state index in [4.69, 9.17) is 15.2 Å². The first kappa shape index (κ1) is 16.9. The Balaban J connectivity index is 0.00000176. The molecule has 22 heavy (non-hydrogen) atoms. The van der Waals surface area contributed by atoms with Crippen molar-refractivity contribution in [1.29, 1.82) is 0 Å². The molecular formula is C16H23ClN2O3. The fourth-order valence-electron chi connectivity index (χ4n) is 3.03. The van der Waals surface area contributed by atoms with Gasteiger partial charge in [0.15, 0.2) is 11.5 Å². The monoisotopic (exact) mass is 326 g/mol. The number of carbonyl (C=O) groups excluding carboxylic acids is 1. The van der Waals surface area contributed by atoms with Crippen LogP contribution >= 0.6 is 12.4 Å². The van der Waals surface area contributed by atoms with Gasteiger partial charge in [-0.05, 0) is 37.3 Å². The first-order valence-electron chi connectivity index (χ1n) is 7.64. The van der Waals surface area contributed by atoms with E-state index in [9.17, 15) is 4.79 Å². The van der Waals surface area contributed by atoms with Crippen molar-refractivity contribution in [3.8, 4) is 11.5 Å². The maximum absolute atomic E-state index is 12.2. The number of ether oxygens (including phenoxy) is 2. The van der Waals surface area contributed by atoms with Crippen molar-refractivity contribution in [1.82, 2.24) is 5.32 Å². The summed E-state index contributed by atoms with van der Waals surface area (Å²) >= 11 is 0. The zero-order valence-electron chi connectivity index (χ0n) is 12.5. The Labute approximate surface area is 137 Å². The lowest BCUT2D eigenvalue weighted by molar-refractivity contribution is -0.130. The maximum Gasteiger partial charge on any atom is 0.264 e. The number of nitrogens with one attached hydrogen (secondary N) is 1. The maximum atomic E-state index is 12.2. The Morgan fingerprint density at radius 1 is 1.27 bits per heavy atom. The number of para-hydroxylation sites is 2. The van der Waals surface area contributed by atoms with E-state index >= 15 is 0 Å². The van der Waals surface area contributed by atoms with Gasteiger partial charge in [0.1, 0.15) is 6.61 Å². The molecule has 0 spiro atoms. The minimum atomic E-state index is -0.572. The van der Waals surface area contributed by atoms with E-state index in [1.54, 1.807) is 0 Å². The van der Waals surface area contributed by atoms with Crippen LogP contribution in [-0.2, 0) is 4.79 Å². The molecule has 3 atom stereocenters. The summed E-state index contributed by atoms with van der Waals surface area (Å²) in [7, 11) is 0. The van der Waals surface area contributed by atoms with Gasteiger partial charge in [-0.2, -0.15) is 0 Å². The molecule has 1 aromatic carbocycles. The quantitative estimate of drug-likeness (QED) is 0.889. The average molecular weight is 327 g/mol. The van der Waals surface area contributed by atoms with Crippen LogP contribution in [-0.4, -0.2) is 31.2 Å². The smallest absolute Gasteiger partial charge is 0.264 e. The topological polar surface area (TPSA) is 73.6 Å². The molecule has 1 aliphatic carbocycles. The minimum absolute atomic E-state index is 0. The second-order valence-electron chi connectivity index (χ2n) is 5.90. The summed E-state index contributed by atoms with van der Waals surface area (Å²) in [6.45, 7) is 0.932. The summed E-state index contributed by atoms with van der Waals surface area (Å²) in [4.78, 5) is 12.2. The first-order chi connectivity index (χ1) is 10.2. The van der Waals surface area contributed by atoms with E-state index in [0.717, 1.165) is 25.7 Å². The van der Waals surface area contributed by atoms with Crippen LogP contribution in [0.4, 0.5) is 0 Å². The third-order valence-corrected chi connectivity index (χ3v) is 4.19. The summed E-state index contributed by atoms with van der Waals surface area (Å²) in [6, 6.07) is 7.68. The number of hydrogen-bond acceptors (Lipinski definition) is 4. The van der Waals surface area contributed by atoms with Gasteiger partial charge >= 0.3 is 0 Å². The summed E-state index contributed by atoms with van der Waals surface area (Å²) < 4.78 is 11.3. The van der Waals surface area contributed by atoms with Gasteiger partial charge in [-0.15, -0.1) is 12.4 Å². The lowest BCUT2D eigenvalue weighted by atomic mass is 9.86. The second-order valence-corrected chi connectivity index (χ2v) is 5.90. The molecule has 1 fully saturated rings. The molecule has 1 saturated carbocycles. The molecule has 5 nitrogen and oxygen atoms in total. The highest BCUT2D eigenvalue weighted by Crippen LogP contribution is 2.31. The van der Waals surface area contributed by atoms with Crippen LogP contribution in [0.15, 0.2) is 24.3 Å². The van der Waals surface area contributed by atoms with Crippen LogP contribution < -0.4 is 20.5 Å². The molecule has 3 unspecified atom stereocenters. The van der Waals surface area contributed by atoms with E-state index < -0.39 is 6.10 Å². The first-order valence-corrected chi connectivity index (χ1v) is 7.64. The largest absolute Gasteiger partial charge is 0.485 e. The van der Waals surface area contributed by atoms with Crippen molar-refractivity contribution < 1.29 is 14.3 Å². The number of halogens is 1. The highest BCUT2D eigenvalue weighted by atomic mass is 35.5. The van der Waals surface area contributed by atoms with Crippen LogP contribution in [0.5, 0.6) is 11.5 Å². The molecule has 1 heterocycles. The van der Waals surface area contributed by atoms with Crippen LogP contribution in [0.3, 0.4) is 0 Å². The molecule has 1 amide bonds. The lowest BCUT2D eigenvalue weighted by Gasteiger charge is -2.29. The van der Waals surface area contributed by atoms with E-state index in [1.807, 2.05) is 24.3 Å². The molecule has 1 aromatic rings. The number of fused-ring (bicyclic) bond motifs is 1. The van der Waals surface area contributed by atoms with Gasteiger partial charge < -0.3 is 20.5 Å². The molecule has 1 aliphatic heterocycles. The minimum Gasteiger partial charge on any atom is -0.485 e. The summed E-state index contributed by atoms with van der Waals surface area (Å²) in [5, 5.41) is 2.97. The average Bonchev–Trinajstić information content (AvgIpc) is 2.52. The number of rotatable bonds is 3. The zero-order chi connectivity index (χ0) is 14.7. The Kier molecular flexibility index (Phi) is 5.91. The van der Waals surface area contributed by atoms with Crippen molar-refractivity contribution in [3.63, 3.8) is 0 Å². The van der Waals surface area contributed by atoms with E-state index in [1.165, 1.54) is 0 Å². The predicted molar refractivity (Wildman–Crippen MR) is 86.5 cm³/mol. The van der Waals surface area contributed by atoms with Crippen molar-refractivity contribution in [3.05, 3.63) is 24.3 Å². The second kappa shape index (κ2) is 7.70. The lowest BCUT2D eigenvalue weighted by Crippen LogP contribution is -2.46. The fourth-order valence-corrected chi connectivity index (χ4v) is 3.03. The molecule has 0 radical (unpaired) electrons. The number of hydrogen-bond donors (Lipinski definition) is 2. The Bertz CT molecular complexity index is 512. The predicted octanol–water partition coefficient (Wildman–Crippen LogP) is 1.88. The highest BCUT2D eigenvalue weighted by Gasteiger charge is 2.28. The van der Waals surface area contributed by atoms with Crippen molar-refractivity contribution in [2.45, 2.75) is 37.8 Å². The van der Waals surface area contributed by atoms with Crippen molar-refractivity contribution >= 4 is 18.3 Å². The molecule has 6 heteroatoms. The third-order valence-electron chi connectivity index (χ3n) is 4.19. The molecule has 0 saturated heterocycles. The number of benzene rings is 1. The molecule has 0 aromatic heterocycles. The number of nitrogens with two attached hydrogens (primary N) is 1. The zero-order valence-corrected chi connectivity index (χ0v) is 13.3. The number of amides is 1. The Hall–Kier alpha value is -1.46. The van der Waals surface area contributed by atoms with Gasteiger partial charge in [-0.1, -0.05) is 18.6 Å². The standard InChI is InChI=1S/C16H22N2O3.ClH/c17-12-5-3-4-11(8-12)9-18-16(19)15-10-20-13-6-1-2-7-14(13)21-15;/h1-2,6-7,11-12,15H,3-5,8-10,17H2,(H,18,19);1H. The van der Waals surface area contributed by atoms with Gasteiger partial charge in [0.25, 0.3) is 5.91 Å². The van der Waals surface area contributed by atoms with Crippen LogP contribution in [0.25, 0.3) is 0 Å². The number of carbonyl (C=O) groups is 1. The van der Waals surface area contributed by atoms with Gasteiger partial charge in [0.05, 0.1) is 0 Å². The molecule has 3 rings (SSSR count). The van der Waals surface area contributed by atoms with Crippen LogP contribution in [0, 0.1) is 5.92 Å². The van der Waals surface area contributed by atoms with Gasteiger partial charge in [-0.25, -0.2) is 0 Å². The van der Waals surface area contributed by atoms with Gasteiger partial charge in [0, 0.05) is 12.6 Å². The molecule has 2 aliphatic rings. The van der Waals surface area contributed by atoms with Crippen molar-refractivity contribution in [2.75, 3.05) is 13.2 Å². The third kappa shape index (κ3) is 4.05. The van der Waals surface area contributed by atoms with E-state index in [2.05, 4.69) is 5.32 Å². The SMILES string of the molecule is Cl.NC1CCCC(CNC(=O)C2COc3ccccc3O2)C1. The van der Waals surface area contributed by atoms with Gasteiger partial charge in [-0.3, -0.25) is 4.79 Å². The molecule has 3 N–H and O–H groups in total. The molecule has 122 valence electrons. The summed E-state index contributed by atoms with van der Waals surface area (Å²) in [6.07, 6.45) is 3.81.